The van der Waals surface area contributed by atoms with Gasteiger partial charge < -0.3 is 0 Å². The van der Waals surface area contributed by atoms with Gasteiger partial charge in [-0.25, -0.2) is 10.0 Å². The Morgan fingerprint density at radius 3 is 2.92 bits per heavy atom. The summed E-state index contributed by atoms with van der Waals surface area (Å²) >= 11 is 3.18. The number of carbonyl (C=O) groups excluding carboxylic acids is 1. The second-order valence-electron chi connectivity index (χ2n) is 2.33. The number of halogens is 1. The maximum Gasteiger partial charge on any atom is 0.279 e. The molecule has 70 valence electrons. The molecule has 0 unspecified atom stereocenters. The first-order valence-corrected chi connectivity index (χ1v) is 4.38. The van der Waals surface area contributed by atoms with Crippen molar-refractivity contribution in [2.45, 2.75) is 0 Å². The van der Waals surface area contributed by atoms with E-state index in [0.717, 1.165) is 5.06 Å². The Bertz CT molecular complexity index is 317. The highest BCUT2D eigenvalue weighted by Gasteiger charge is 2.14. The molecule has 13 heavy (non-hydrogen) atoms. The van der Waals surface area contributed by atoms with Crippen molar-refractivity contribution in [3.8, 4) is 0 Å². The van der Waals surface area contributed by atoms with Gasteiger partial charge in [0, 0.05) is 13.2 Å². The van der Waals surface area contributed by atoms with Gasteiger partial charge in [0.1, 0.15) is 4.60 Å². The van der Waals surface area contributed by atoms with Crippen LogP contribution in [0.1, 0.15) is 10.4 Å². The Hall–Kier alpha value is -0.940. The van der Waals surface area contributed by atoms with Crippen molar-refractivity contribution in [3.05, 3.63) is 28.5 Å². The van der Waals surface area contributed by atoms with Crippen molar-refractivity contribution in [3.63, 3.8) is 0 Å². The summed E-state index contributed by atoms with van der Waals surface area (Å²) in [5.74, 6) is -0.234. The van der Waals surface area contributed by atoms with E-state index in [0.29, 0.717) is 10.2 Å². The summed E-state index contributed by atoms with van der Waals surface area (Å²) in [7, 11) is 2.98. The molecule has 0 saturated carbocycles. The SMILES string of the molecule is CON(C)C(=O)c1cccnc1Br. The Morgan fingerprint density at radius 1 is 1.69 bits per heavy atom. The van der Waals surface area contributed by atoms with E-state index in [4.69, 9.17) is 4.84 Å². The van der Waals surface area contributed by atoms with Crippen molar-refractivity contribution in [2.75, 3.05) is 14.2 Å². The molecule has 0 spiro atoms. The molecule has 1 heterocycles. The molecule has 1 aromatic rings. The number of carbonyl (C=O) groups is 1. The van der Waals surface area contributed by atoms with Gasteiger partial charge in [-0.3, -0.25) is 9.63 Å². The number of hydrogen-bond donors (Lipinski definition) is 0. The third kappa shape index (κ3) is 2.26. The monoisotopic (exact) mass is 244 g/mol. The van der Waals surface area contributed by atoms with Crippen LogP contribution in [0.4, 0.5) is 0 Å². The van der Waals surface area contributed by atoms with E-state index < -0.39 is 0 Å². The summed E-state index contributed by atoms with van der Waals surface area (Å²) in [4.78, 5) is 20.2. The zero-order valence-electron chi connectivity index (χ0n) is 7.32. The number of pyridine rings is 1. The Labute approximate surface area is 84.6 Å². The fraction of sp³-hybridized carbons (Fsp3) is 0.250. The standard InChI is InChI=1S/C8H9BrN2O2/c1-11(13-2)8(12)6-4-3-5-10-7(6)9/h3-5H,1-2H3. The predicted molar refractivity (Wildman–Crippen MR) is 51.0 cm³/mol. The summed E-state index contributed by atoms with van der Waals surface area (Å²) in [5, 5.41) is 1.14. The molecule has 1 aromatic heterocycles. The lowest BCUT2D eigenvalue weighted by Crippen LogP contribution is -2.25. The van der Waals surface area contributed by atoms with Crippen molar-refractivity contribution in [1.82, 2.24) is 10.0 Å². The molecule has 0 aliphatic rings. The molecule has 0 aliphatic carbocycles. The first kappa shape index (κ1) is 10.1. The molecule has 1 rings (SSSR count). The van der Waals surface area contributed by atoms with Crippen LogP contribution < -0.4 is 0 Å². The number of aromatic nitrogens is 1. The molecule has 0 atom stereocenters. The van der Waals surface area contributed by atoms with Crippen molar-refractivity contribution >= 4 is 21.8 Å². The average Bonchev–Trinajstić information content (AvgIpc) is 2.16. The Kier molecular flexibility index (Phi) is 3.39. The van der Waals surface area contributed by atoms with Gasteiger partial charge in [-0.05, 0) is 28.1 Å². The first-order chi connectivity index (χ1) is 6.16. The number of hydroxylamine groups is 2. The van der Waals surface area contributed by atoms with Crippen LogP contribution in [0.2, 0.25) is 0 Å². The van der Waals surface area contributed by atoms with Gasteiger partial charge in [-0.1, -0.05) is 0 Å². The minimum atomic E-state index is -0.234. The smallest absolute Gasteiger partial charge is 0.274 e. The third-order valence-corrected chi connectivity index (χ3v) is 2.18. The molecule has 4 nitrogen and oxygen atoms in total. The summed E-state index contributed by atoms with van der Waals surface area (Å²) in [6, 6.07) is 3.37. The number of rotatable bonds is 2. The molecule has 5 heteroatoms. The largest absolute Gasteiger partial charge is 0.279 e. The van der Waals surface area contributed by atoms with Gasteiger partial charge in [-0.15, -0.1) is 0 Å². The third-order valence-electron chi connectivity index (χ3n) is 1.55. The van der Waals surface area contributed by atoms with Crippen LogP contribution in [-0.2, 0) is 4.84 Å². The lowest BCUT2D eigenvalue weighted by molar-refractivity contribution is -0.0757. The summed E-state index contributed by atoms with van der Waals surface area (Å²) in [5.41, 5.74) is 0.479. The van der Waals surface area contributed by atoms with Crippen LogP contribution in [0.5, 0.6) is 0 Å². The normalized spacial score (nSPS) is 9.77. The summed E-state index contributed by atoms with van der Waals surface area (Å²) in [6.07, 6.45) is 1.60. The molecule has 1 amide bonds. The molecular weight excluding hydrogens is 236 g/mol. The molecule has 0 N–H and O–H groups in total. The number of amides is 1. The number of hydrogen-bond acceptors (Lipinski definition) is 3. The van der Waals surface area contributed by atoms with Crippen LogP contribution in [0.3, 0.4) is 0 Å². The van der Waals surface area contributed by atoms with Gasteiger partial charge in [0.2, 0.25) is 0 Å². The minimum Gasteiger partial charge on any atom is -0.274 e. The molecule has 0 aliphatic heterocycles. The minimum absolute atomic E-state index is 0.234. The van der Waals surface area contributed by atoms with Gasteiger partial charge >= 0.3 is 0 Å². The lowest BCUT2D eigenvalue weighted by Gasteiger charge is -2.13. The van der Waals surface area contributed by atoms with E-state index in [2.05, 4.69) is 20.9 Å². The summed E-state index contributed by atoms with van der Waals surface area (Å²) < 4.78 is 0.518. The first-order valence-electron chi connectivity index (χ1n) is 3.59. The van der Waals surface area contributed by atoms with Crippen molar-refractivity contribution in [2.24, 2.45) is 0 Å². The lowest BCUT2D eigenvalue weighted by atomic mass is 10.3. The van der Waals surface area contributed by atoms with Crippen LogP contribution in [0, 0.1) is 0 Å². The molecule has 0 aromatic carbocycles. The molecule has 0 fully saturated rings. The van der Waals surface area contributed by atoms with E-state index in [1.807, 2.05) is 0 Å². The van der Waals surface area contributed by atoms with E-state index in [1.165, 1.54) is 7.11 Å². The quantitative estimate of drug-likeness (QED) is 0.585. The Balaban J connectivity index is 2.95. The Morgan fingerprint density at radius 2 is 2.38 bits per heavy atom. The highest BCUT2D eigenvalue weighted by molar-refractivity contribution is 9.10. The predicted octanol–water partition coefficient (Wildman–Crippen LogP) is 1.48. The zero-order chi connectivity index (χ0) is 9.84. The highest BCUT2D eigenvalue weighted by atomic mass is 79.9. The summed E-state index contributed by atoms with van der Waals surface area (Å²) in [6.45, 7) is 0. The average molecular weight is 245 g/mol. The molecule has 0 saturated heterocycles. The molecule has 0 bridgehead atoms. The van der Waals surface area contributed by atoms with Crippen LogP contribution in [-0.4, -0.2) is 30.1 Å². The van der Waals surface area contributed by atoms with Gasteiger partial charge in [0.15, 0.2) is 0 Å². The van der Waals surface area contributed by atoms with E-state index in [9.17, 15) is 4.79 Å². The fourth-order valence-corrected chi connectivity index (χ4v) is 1.22. The van der Waals surface area contributed by atoms with Gasteiger partial charge in [0.05, 0.1) is 12.7 Å². The van der Waals surface area contributed by atoms with Gasteiger partial charge in [-0.2, -0.15) is 0 Å². The highest BCUT2D eigenvalue weighted by Crippen LogP contribution is 2.14. The number of nitrogens with zero attached hydrogens (tertiary/aromatic N) is 2. The van der Waals surface area contributed by atoms with E-state index in [1.54, 1.807) is 25.4 Å². The maximum absolute atomic E-state index is 11.5. The fourth-order valence-electron chi connectivity index (χ4n) is 0.798. The van der Waals surface area contributed by atoms with Crippen molar-refractivity contribution < 1.29 is 9.63 Å². The van der Waals surface area contributed by atoms with Crippen LogP contribution in [0.25, 0.3) is 0 Å². The molecule has 0 radical (unpaired) electrons. The van der Waals surface area contributed by atoms with E-state index in [-0.39, 0.29) is 5.91 Å². The maximum atomic E-state index is 11.5. The van der Waals surface area contributed by atoms with Crippen molar-refractivity contribution in [1.29, 1.82) is 0 Å². The van der Waals surface area contributed by atoms with Crippen LogP contribution >= 0.6 is 15.9 Å². The molecular formula is C8H9BrN2O2. The van der Waals surface area contributed by atoms with Gasteiger partial charge in [0.25, 0.3) is 5.91 Å². The zero-order valence-corrected chi connectivity index (χ0v) is 8.91. The van der Waals surface area contributed by atoms with Crippen LogP contribution in [0.15, 0.2) is 22.9 Å². The van der Waals surface area contributed by atoms with E-state index >= 15 is 0 Å². The topological polar surface area (TPSA) is 42.4 Å². The second-order valence-corrected chi connectivity index (χ2v) is 3.08. The second kappa shape index (κ2) is 4.34.